The second kappa shape index (κ2) is 6.37. The van der Waals surface area contributed by atoms with Gasteiger partial charge < -0.3 is 19.7 Å². The van der Waals surface area contributed by atoms with E-state index in [1.165, 1.54) is 0 Å². The first kappa shape index (κ1) is 14.9. The number of ether oxygens (including phenoxy) is 2. The van der Waals surface area contributed by atoms with Gasteiger partial charge in [-0.05, 0) is 25.7 Å². The molecular formula is C15H22N4O3. The molecule has 1 amide bonds. The number of aromatic nitrogens is 2. The molecule has 0 bridgehead atoms. The van der Waals surface area contributed by atoms with Crippen molar-refractivity contribution < 1.29 is 14.3 Å². The van der Waals surface area contributed by atoms with E-state index in [9.17, 15) is 4.79 Å². The van der Waals surface area contributed by atoms with Crippen LogP contribution in [0.4, 0.5) is 5.95 Å². The van der Waals surface area contributed by atoms with Crippen molar-refractivity contribution in [2.75, 3.05) is 32.2 Å². The molecule has 0 spiro atoms. The van der Waals surface area contributed by atoms with E-state index < -0.39 is 0 Å². The first-order valence-corrected chi connectivity index (χ1v) is 7.72. The van der Waals surface area contributed by atoms with Crippen LogP contribution in [-0.4, -0.2) is 49.2 Å². The largest absolute Gasteiger partial charge is 0.481 e. The van der Waals surface area contributed by atoms with E-state index in [4.69, 9.17) is 9.47 Å². The Balaban J connectivity index is 1.61. The van der Waals surface area contributed by atoms with Crippen LogP contribution in [0.3, 0.4) is 0 Å². The van der Waals surface area contributed by atoms with Gasteiger partial charge in [0.25, 0.3) is 0 Å². The molecule has 2 aliphatic rings. The lowest BCUT2D eigenvalue weighted by molar-refractivity contribution is -0.125. The third-order valence-electron chi connectivity index (χ3n) is 4.16. The SMILES string of the molecule is COc1cc(OC)nc(N2CCC(C(=O)NC3CC3)CC2)n1. The summed E-state index contributed by atoms with van der Waals surface area (Å²) in [5, 5.41) is 3.09. The van der Waals surface area contributed by atoms with Gasteiger partial charge in [0.1, 0.15) is 0 Å². The highest BCUT2D eigenvalue weighted by Crippen LogP contribution is 2.26. The Morgan fingerprint density at radius 2 is 1.73 bits per heavy atom. The van der Waals surface area contributed by atoms with Crippen LogP contribution >= 0.6 is 0 Å². The van der Waals surface area contributed by atoms with Crippen molar-refractivity contribution in [3.63, 3.8) is 0 Å². The molecule has 120 valence electrons. The van der Waals surface area contributed by atoms with E-state index in [2.05, 4.69) is 20.2 Å². The van der Waals surface area contributed by atoms with Gasteiger partial charge in [0.15, 0.2) is 0 Å². The molecule has 3 rings (SSSR count). The minimum Gasteiger partial charge on any atom is -0.481 e. The summed E-state index contributed by atoms with van der Waals surface area (Å²) in [4.78, 5) is 22.9. The standard InChI is InChI=1S/C15H22N4O3/c1-21-12-9-13(22-2)18-15(17-12)19-7-5-10(6-8-19)14(20)16-11-3-4-11/h9-11H,3-8H2,1-2H3,(H,16,20). The lowest BCUT2D eigenvalue weighted by Gasteiger charge is -2.31. The Kier molecular flexibility index (Phi) is 4.31. The van der Waals surface area contributed by atoms with Crippen molar-refractivity contribution in [3.8, 4) is 11.8 Å². The molecule has 1 aromatic rings. The number of hydrogen-bond acceptors (Lipinski definition) is 6. The van der Waals surface area contributed by atoms with E-state index in [-0.39, 0.29) is 11.8 Å². The van der Waals surface area contributed by atoms with E-state index in [0.717, 1.165) is 38.8 Å². The number of carbonyl (C=O) groups is 1. The summed E-state index contributed by atoms with van der Waals surface area (Å²) in [5.74, 6) is 1.86. The third-order valence-corrected chi connectivity index (χ3v) is 4.16. The van der Waals surface area contributed by atoms with Gasteiger partial charge in [0.05, 0.1) is 20.3 Å². The Labute approximate surface area is 130 Å². The Hall–Kier alpha value is -2.05. The number of rotatable bonds is 5. The monoisotopic (exact) mass is 306 g/mol. The van der Waals surface area contributed by atoms with Gasteiger partial charge >= 0.3 is 0 Å². The highest BCUT2D eigenvalue weighted by atomic mass is 16.5. The van der Waals surface area contributed by atoms with Crippen molar-refractivity contribution >= 4 is 11.9 Å². The van der Waals surface area contributed by atoms with Crippen molar-refractivity contribution in [2.45, 2.75) is 31.7 Å². The smallest absolute Gasteiger partial charge is 0.231 e. The maximum absolute atomic E-state index is 12.1. The molecule has 0 aromatic carbocycles. The van der Waals surface area contributed by atoms with Crippen LogP contribution in [0.25, 0.3) is 0 Å². The molecular weight excluding hydrogens is 284 g/mol. The van der Waals surface area contributed by atoms with Crippen LogP contribution in [0.5, 0.6) is 11.8 Å². The van der Waals surface area contributed by atoms with Crippen molar-refractivity contribution in [1.29, 1.82) is 0 Å². The van der Waals surface area contributed by atoms with Gasteiger partial charge in [-0.15, -0.1) is 0 Å². The Morgan fingerprint density at radius 3 is 2.23 bits per heavy atom. The van der Waals surface area contributed by atoms with Crippen molar-refractivity contribution in [2.24, 2.45) is 5.92 Å². The normalized spacial score (nSPS) is 18.9. The van der Waals surface area contributed by atoms with Gasteiger partial charge in [-0.3, -0.25) is 4.79 Å². The van der Waals surface area contributed by atoms with Gasteiger partial charge in [-0.2, -0.15) is 9.97 Å². The second-order valence-corrected chi connectivity index (χ2v) is 5.80. The number of nitrogens with zero attached hydrogens (tertiary/aromatic N) is 3. The molecule has 7 nitrogen and oxygen atoms in total. The summed E-state index contributed by atoms with van der Waals surface area (Å²) in [5.41, 5.74) is 0. The first-order chi connectivity index (χ1) is 10.7. The van der Waals surface area contributed by atoms with E-state index in [0.29, 0.717) is 23.8 Å². The number of anilines is 1. The predicted molar refractivity (Wildman–Crippen MR) is 81.2 cm³/mol. The lowest BCUT2D eigenvalue weighted by atomic mass is 9.96. The molecule has 1 saturated carbocycles. The van der Waals surface area contributed by atoms with Crippen molar-refractivity contribution in [1.82, 2.24) is 15.3 Å². The molecule has 22 heavy (non-hydrogen) atoms. The molecule has 2 fully saturated rings. The summed E-state index contributed by atoms with van der Waals surface area (Å²) in [6.07, 6.45) is 3.90. The fraction of sp³-hybridized carbons (Fsp3) is 0.667. The molecule has 1 aromatic heterocycles. The van der Waals surface area contributed by atoms with Gasteiger partial charge in [0.2, 0.25) is 23.6 Å². The molecule has 2 heterocycles. The van der Waals surface area contributed by atoms with Crippen LogP contribution in [0, 0.1) is 5.92 Å². The number of amides is 1. The molecule has 7 heteroatoms. The fourth-order valence-corrected chi connectivity index (χ4v) is 2.63. The maximum Gasteiger partial charge on any atom is 0.231 e. The van der Waals surface area contributed by atoms with Crippen LogP contribution in [0.2, 0.25) is 0 Å². The van der Waals surface area contributed by atoms with Crippen LogP contribution in [0.1, 0.15) is 25.7 Å². The minimum atomic E-state index is 0.101. The number of nitrogens with one attached hydrogen (secondary N) is 1. The Bertz CT molecular complexity index is 517. The zero-order chi connectivity index (χ0) is 15.5. The zero-order valence-electron chi connectivity index (χ0n) is 13.0. The van der Waals surface area contributed by atoms with Crippen LogP contribution < -0.4 is 19.7 Å². The average Bonchev–Trinajstić information content (AvgIpc) is 3.38. The van der Waals surface area contributed by atoms with E-state index >= 15 is 0 Å². The lowest BCUT2D eigenvalue weighted by Crippen LogP contribution is -2.41. The Morgan fingerprint density at radius 1 is 1.14 bits per heavy atom. The van der Waals surface area contributed by atoms with Gasteiger partial charge in [-0.25, -0.2) is 0 Å². The number of piperidine rings is 1. The molecule has 1 N–H and O–H groups in total. The molecule has 0 unspecified atom stereocenters. The summed E-state index contributed by atoms with van der Waals surface area (Å²) >= 11 is 0. The topological polar surface area (TPSA) is 76.6 Å². The highest BCUT2D eigenvalue weighted by Gasteiger charge is 2.30. The van der Waals surface area contributed by atoms with Crippen LogP contribution in [0.15, 0.2) is 6.07 Å². The first-order valence-electron chi connectivity index (χ1n) is 7.72. The number of hydrogen-bond donors (Lipinski definition) is 1. The van der Waals surface area contributed by atoms with E-state index in [1.54, 1.807) is 20.3 Å². The molecule has 1 aliphatic carbocycles. The molecule has 1 aliphatic heterocycles. The fourth-order valence-electron chi connectivity index (χ4n) is 2.63. The molecule has 1 saturated heterocycles. The van der Waals surface area contributed by atoms with Gasteiger partial charge in [-0.1, -0.05) is 0 Å². The summed E-state index contributed by atoms with van der Waals surface area (Å²) in [6, 6.07) is 2.08. The highest BCUT2D eigenvalue weighted by molar-refractivity contribution is 5.79. The zero-order valence-corrected chi connectivity index (χ0v) is 13.0. The summed E-state index contributed by atoms with van der Waals surface area (Å²) < 4.78 is 10.4. The van der Waals surface area contributed by atoms with Crippen molar-refractivity contribution in [3.05, 3.63) is 6.07 Å². The number of methoxy groups -OCH3 is 2. The predicted octanol–water partition coefficient (Wildman–Crippen LogP) is 0.989. The number of carbonyl (C=O) groups excluding carboxylic acids is 1. The maximum atomic E-state index is 12.1. The quantitative estimate of drug-likeness (QED) is 0.874. The third kappa shape index (κ3) is 3.40. The second-order valence-electron chi connectivity index (χ2n) is 5.80. The van der Waals surface area contributed by atoms with E-state index in [1.807, 2.05) is 0 Å². The van der Waals surface area contributed by atoms with Gasteiger partial charge in [0, 0.05) is 25.0 Å². The summed E-state index contributed by atoms with van der Waals surface area (Å²) in [6.45, 7) is 1.53. The van der Waals surface area contributed by atoms with Crippen LogP contribution in [-0.2, 0) is 4.79 Å². The molecule has 0 atom stereocenters. The molecule has 0 radical (unpaired) electrons. The minimum absolute atomic E-state index is 0.101. The summed E-state index contributed by atoms with van der Waals surface area (Å²) in [7, 11) is 3.14. The average molecular weight is 306 g/mol.